The van der Waals surface area contributed by atoms with E-state index in [4.69, 9.17) is 4.18 Å². The standard InChI is InChI=1S/C39H32FN5O6S2/c1-43(52(47,48)37-33-8-4-2-6-27(33)16-18-41-37)36(39(46)44-20-21-45-31(25-44)24-29-23-30(40)12-15-35(29)45)22-26-10-13-32(14-11-26)51-53(49,50)38-34-9-5-3-7-28(34)17-19-42-38/h2-19,23-24,36H,20-22,25H2,1H3. The molecule has 0 bridgehead atoms. The van der Waals surface area contributed by atoms with E-state index in [1.165, 1.54) is 43.7 Å². The topological polar surface area (TPSA) is 132 Å². The fraction of sp³-hybridized carbons (Fsp3) is 0.154. The molecule has 0 fully saturated rings. The van der Waals surface area contributed by atoms with Crippen LogP contribution in [-0.2, 0) is 44.4 Å². The first-order chi connectivity index (χ1) is 25.5. The molecule has 7 aromatic rings. The van der Waals surface area contributed by atoms with Crippen LogP contribution in [0.4, 0.5) is 4.39 Å². The van der Waals surface area contributed by atoms with E-state index in [1.807, 2.05) is 10.6 Å². The van der Waals surface area contributed by atoms with E-state index in [9.17, 15) is 26.0 Å². The quantitative estimate of drug-likeness (QED) is 0.166. The number of sulfonamides is 1. The summed E-state index contributed by atoms with van der Waals surface area (Å²) < 4.78 is 77.8. The third kappa shape index (κ3) is 6.38. The van der Waals surface area contributed by atoms with Crippen molar-refractivity contribution in [3.8, 4) is 5.75 Å². The van der Waals surface area contributed by atoms with Crippen molar-refractivity contribution in [2.24, 2.45) is 0 Å². The second-order valence-corrected chi connectivity index (χ2v) is 16.2. The van der Waals surface area contributed by atoms with Crippen molar-refractivity contribution >= 4 is 58.5 Å². The van der Waals surface area contributed by atoms with Gasteiger partial charge in [0.15, 0.2) is 5.03 Å². The highest BCUT2D eigenvalue weighted by molar-refractivity contribution is 7.89. The Bertz CT molecular complexity index is 2760. The van der Waals surface area contributed by atoms with Crippen LogP contribution >= 0.6 is 0 Å². The summed E-state index contributed by atoms with van der Waals surface area (Å²) in [5.41, 5.74) is 2.21. The van der Waals surface area contributed by atoms with Crippen LogP contribution in [0.5, 0.6) is 5.75 Å². The molecule has 14 heteroatoms. The van der Waals surface area contributed by atoms with E-state index in [0.717, 1.165) is 15.5 Å². The van der Waals surface area contributed by atoms with Gasteiger partial charge in [0, 0.05) is 59.9 Å². The monoisotopic (exact) mass is 749 g/mol. The summed E-state index contributed by atoms with van der Waals surface area (Å²) in [7, 11) is -7.26. The van der Waals surface area contributed by atoms with Gasteiger partial charge in [-0.2, -0.15) is 12.7 Å². The maximum Gasteiger partial charge on any atom is 0.357 e. The second kappa shape index (κ2) is 13.4. The molecular weight excluding hydrogens is 718 g/mol. The van der Waals surface area contributed by atoms with Gasteiger partial charge in [-0.3, -0.25) is 4.79 Å². The Morgan fingerprint density at radius 1 is 0.792 bits per heavy atom. The number of fused-ring (bicyclic) bond motifs is 5. The molecule has 1 amide bonds. The fourth-order valence-corrected chi connectivity index (χ4v) is 9.44. The zero-order valence-corrected chi connectivity index (χ0v) is 30.0. The second-order valence-electron chi connectivity index (χ2n) is 12.8. The lowest BCUT2D eigenvalue weighted by molar-refractivity contribution is -0.136. The molecule has 53 heavy (non-hydrogen) atoms. The largest absolute Gasteiger partial charge is 0.378 e. The van der Waals surface area contributed by atoms with Gasteiger partial charge < -0.3 is 13.7 Å². The van der Waals surface area contributed by atoms with Crippen molar-refractivity contribution in [3.05, 3.63) is 139 Å². The zero-order chi connectivity index (χ0) is 36.9. The summed E-state index contributed by atoms with van der Waals surface area (Å²) in [6, 6.07) is 28.7. The highest BCUT2D eigenvalue weighted by Crippen LogP contribution is 2.30. The number of rotatable bonds is 9. The summed E-state index contributed by atoms with van der Waals surface area (Å²) in [6.45, 7) is 0.936. The number of likely N-dealkylation sites (N-methyl/N-ethyl adjacent to an activating group) is 1. The van der Waals surface area contributed by atoms with Gasteiger partial charge in [0.25, 0.3) is 10.0 Å². The molecule has 8 rings (SSSR count). The van der Waals surface area contributed by atoms with Crippen LogP contribution in [0.2, 0.25) is 0 Å². The number of carbonyl (C=O) groups is 1. The Kier molecular flexibility index (Phi) is 8.68. The van der Waals surface area contributed by atoms with E-state index in [0.29, 0.717) is 45.6 Å². The number of aromatic nitrogens is 3. The highest BCUT2D eigenvalue weighted by atomic mass is 32.2. The predicted molar refractivity (Wildman–Crippen MR) is 197 cm³/mol. The number of hydrogen-bond acceptors (Lipinski definition) is 8. The molecule has 1 atom stereocenters. The third-order valence-electron chi connectivity index (χ3n) is 9.62. The van der Waals surface area contributed by atoms with Crippen molar-refractivity contribution in [3.63, 3.8) is 0 Å². The van der Waals surface area contributed by atoms with Crippen LogP contribution in [-0.4, -0.2) is 66.1 Å². The number of amides is 1. The minimum absolute atomic E-state index is 0.0209. The molecule has 3 aromatic heterocycles. The molecule has 11 nitrogen and oxygen atoms in total. The van der Waals surface area contributed by atoms with Crippen molar-refractivity contribution < 1.29 is 30.2 Å². The van der Waals surface area contributed by atoms with Crippen molar-refractivity contribution in [2.45, 2.75) is 35.6 Å². The summed E-state index contributed by atoms with van der Waals surface area (Å²) in [4.78, 5) is 24.4. The van der Waals surface area contributed by atoms with E-state index >= 15 is 0 Å². The molecule has 0 saturated heterocycles. The van der Waals surface area contributed by atoms with Crippen LogP contribution in [0.25, 0.3) is 32.4 Å². The number of nitrogens with zero attached hydrogens (tertiary/aromatic N) is 5. The van der Waals surface area contributed by atoms with Gasteiger partial charge in [-0.15, -0.1) is 0 Å². The van der Waals surface area contributed by atoms with Crippen molar-refractivity contribution in [1.29, 1.82) is 0 Å². The molecule has 1 aliphatic rings. The van der Waals surface area contributed by atoms with E-state index in [-0.39, 0.29) is 34.6 Å². The van der Waals surface area contributed by atoms with Gasteiger partial charge in [0.1, 0.15) is 17.6 Å². The van der Waals surface area contributed by atoms with E-state index in [2.05, 4.69) is 9.97 Å². The summed E-state index contributed by atoms with van der Waals surface area (Å²) in [5.74, 6) is -0.766. The van der Waals surface area contributed by atoms with Gasteiger partial charge in [0.05, 0.1) is 6.54 Å². The van der Waals surface area contributed by atoms with Gasteiger partial charge in [0.2, 0.25) is 10.9 Å². The lowest BCUT2D eigenvalue weighted by Crippen LogP contribution is -2.52. The number of benzene rings is 4. The minimum Gasteiger partial charge on any atom is -0.378 e. The smallest absolute Gasteiger partial charge is 0.357 e. The Balaban J connectivity index is 1.10. The lowest BCUT2D eigenvalue weighted by atomic mass is 10.0. The molecule has 1 aliphatic heterocycles. The number of carbonyl (C=O) groups excluding carboxylic acids is 1. The molecule has 4 heterocycles. The summed E-state index contributed by atoms with van der Waals surface area (Å²) in [6.07, 6.45) is 2.79. The normalized spacial score (nSPS) is 14.1. The zero-order valence-electron chi connectivity index (χ0n) is 28.3. The van der Waals surface area contributed by atoms with Gasteiger partial charge in [-0.05, 0) is 71.3 Å². The van der Waals surface area contributed by atoms with Crippen molar-refractivity contribution in [1.82, 2.24) is 23.7 Å². The number of pyridine rings is 2. The minimum atomic E-state index is -4.32. The first-order valence-corrected chi connectivity index (χ1v) is 19.6. The molecule has 0 spiro atoms. The fourth-order valence-electron chi connectivity index (χ4n) is 6.92. The average Bonchev–Trinajstić information content (AvgIpc) is 3.53. The predicted octanol–water partition coefficient (Wildman–Crippen LogP) is 5.92. The maximum absolute atomic E-state index is 14.5. The molecule has 0 radical (unpaired) electrons. The van der Waals surface area contributed by atoms with Crippen LogP contribution in [0, 0.1) is 5.82 Å². The first-order valence-electron chi connectivity index (χ1n) is 16.7. The average molecular weight is 750 g/mol. The van der Waals surface area contributed by atoms with Crippen LogP contribution < -0.4 is 4.18 Å². The van der Waals surface area contributed by atoms with Gasteiger partial charge >= 0.3 is 10.1 Å². The van der Waals surface area contributed by atoms with Gasteiger partial charge in [-0.25, -0.2) is 22.8 Å². The van der Waals surface area contributed by atoms with Crippen LogP contribution in [0.15, 0.2) is 132 Å². The Morgan fingerprint density at radius 2 is 1.43 bits per heavy atom. The van der Waals surface area contributed by atoms with Crippen molar-refractivity contribution in [2.75, 3.05) is 13.6 Å². The molecular formula is C39H32FN5O6S2. The molecule has 268 valence electrons. The van der Waals surface area contributed by atoms with Gasteiger partial charge in [-0.1, -0.05) is 60.7 Å². The Hall–Kier alpha value is -5.70. The number of hydrogen-bond donors (Lipinski definition) is 0. The van der Waals surface area contributed by atoms with Crippen LogP contribution in [0.1, 0.15) is 11.3 Å². The molecule has 4 aromatic carbocycles. The Labute approximate surface area is 305 Å². The highest BCUT2D eigenvalue weighted by Gasteiger charge is 2.38. The SMILES string of the molecule is CN(C(Cc1ccc(OS(=O)(=O)c2nccc3ccccc23)cc1)C(=O)N1CCn2c(cc3cc(F)ccc32)C1)S(=O)(=O)c1nccc2ccccc12. The Morgan fingerprint density at radius 3 is 2.13 bits per heavy atom. The number of halogens is 1. The first kappa shape index (κ1) is 34.4. The molecule has 0 aliphatic carbocycles. The van der Waals surface area contributed by atoms with Crippen LogP contribution in [0.3, 0.4) is 0 Å². The lowest BCUT2D eigenvalue weighted by Gasteiger charge is -2.35. The molecule has 0 saturated carbocycles. The summed E-state index contributed by atoms with van der Waals surface area (Å²) >= 11 is 0. The summed E-state index contributed by atoms with van der Waals surface area (Å²) in [5, 5.41) is 2.54. The molecule has 0 N–H and O–H groups in total. The molecule has 1 unspecified atom stereocenters. The van der Waals surface area contributed by atoms with E-state index in [1.54, 1.807) is 83.8 Å². The van der Waals surface area contributed by atoms with E-state index < -0.39 is 32.1 Å². The maximum atomic E-state index is 14.5. The third-order valence-corrected chi connectivity index (χ3v) is 12.7.